The lowest BCUT2D eigenvalue weighted by Crippen LogP contribution is -2.38. The summed E-state index contributed by atoms with van der Waals surface area (Å²) >= 11 is 0. The first-order chi connectivity index (χ1) is 13.0. The molecular weight excluding hydrogens is 355 g/mol. The Bertz CT molecular complexity index is 986. The standard InChI is InChI=1S/C21H29FN6/c1-14-23-11-16-17(22)12-28(19(16)26-14)21(5,6)9-8-15-10-18(25-13-24-15)27(7)20(2,3)4/h10-13H,8-9H2,1-7H3. The topological polar surface area (TPSA) is 59.7 Å². The Morgan fingerprint density at radius 1 is 1.11 bits per heavy atom. The van der Waals surface area contributed by atoms with Crippen molar-refractivity contribution in [3.63, 3.8) is 0 Å². The summed E-state index contributed by atoms with van der Waals surface area (Å²) in [5.41, 5.74) is 1.25. The molecule has 0 atom stereocenters. The molecule has 0 amide bonds. The van der Waals surface area contributed by atoms with E-state index in [9.17, 15) is 4.39 Å². The van der Waals surface area contributed by atoms with Crippen LogP contribution in [0.3, 0.4) is 0 Å². The van der Waals surface area contributed by atoms with Gasteiger partial charge in [0.25, 0.3) is 0 Å². The molecule has 3 heterocycles. The summed E-state index contributed by atoms with van der Waals surface area (Å²) in [6.45, 7) is 12.4. The van der Waals surface area contributed by atoms with E-state index in [0.717, 1.165) is 24.4 Å². The zero-order valence-corrected chi connectivity index (χ0v) is 17.8. The van der Waals surface area contributed by atoms with Gasteiger partial charge in [-0.3, -0.25) is 0 Å². The number of hydrogen-bond acceptors (Lipinski definition) is 5. The van der Waals surface area contributed by atoms with Gasteiger partial charge in [-0.25, -0.2) is 24.3 Å². The molecule has 0 spiro atoms. The predicted molar refractivity (Wildman–Crippen MR) is 110 cm³/mol. The number of aryl methyl sites for hydroxylation is 2. The summed E-state index contributed by atoms with van der Waals surface area (Å²) in [4.78, 5) is 19.6. The molecule has 0 aliphatic heterocycles. The predicted octanol–water partition coefficient (Wildman–Crippen LogP) is 4.27. The van der Waals surface area contributed by atoms with Crippen LogP contribution in [0.1, 0.15) is 52.6 Å². The Hall–Kier alpha value is -2.57. The van der Waals surface area contributed by atoms with Crippen LogP contribution in [-0.4, -0.2) is 37.1 Å². The minimum atomic E-state index is -0.329. The fourth-order valence-corrected chi connectivity index (χ4v) is 3.12. The molecule has 3 rings (SSSR count). The molecule has 28 heavy (non-hydrogen) atoms. The summed E-state index contributed by atoms with van der Waals surface area (Å²) < 4.78 is 16.3. The van der Waals surface area contributed by atoms with Crippen molar-refractivity contribution in [2.75, 3.05) is 11.9 Å². The van der Waals surface area contributed by atoms with Gasteiger partial charge in [-0.2, -0.15) is 0 Å². The third-order valence-corrected chi connectivity index (χ3v) is 5.32. The molecule has 0 fully saturated rings. The highest BCUT2D eigenvalue weighted by molar-refractivity contribution is 5.76. The third-order valence-electron chi connectivity index (χ3n) is 5.32. The van der Waals surface area contributed by atoms with E-state index in [0.29, 0.717) is 16.9 Å². The number of nitrogens with zero attached hydrogens (tertiary/aromatic N) is 6. The molecule has 0 aliphatic rings. The average molecular weight is 385 g/mol. The zero-order chi connectivity index (χ0) is 20.7. The van der Waals surface area contributed by atoms with Crippen LogP contribution in [0.4, 0.5) is 10.2 Å². The largest absolute Gasteiger partial charge is 0.355 e. The number of halogens is 1. The van der Waals surface area contributed by atoms with Crippen molar-refractivity contribution in [3.8, 4) is 0 Å². The van der Waals surface area contributed by atoms with Gasteiger partial charge >= 0.3 is 0 Å². The lowest BCUT2D eigenvalue weighted by Gasteiger charge is -2.33. The molecule has 0 radical (unpaired) electrons. The van der Waals surface area contributed by atoms with Crippen LogP contribution < -0.4 is 4.90 Å². The van der Waals surface area contributed by atoms with Crippen LogP contribution in [0.25, 0.3) is 11.0 Å². The first kappa shape index (κ1) is 20.2. The van der Waals surface area contributed by atoms with Crippen molar-refractivity contribution in [3.05, 3.63) is 42.1 Å². The van der Waals surface area contributed by atoms with E-state index in [4.69, 9.17) is 0 Å². The minimum Gasteiger partial charge on any atom is -0.355 e. The molecule has 0 aromatic carbocycles. The maximum Gasteiger partial charge on any atom is 0.151 e. The van der Waals surface area contributed by atoms with Crippen molar-refractivity contribution < 1.29 is 4.39 Å². The highest BCUT2D eigenvalue weighted by Gasteiger charge is 2.25. The van der Waals surface area contributed by atoms with Crippen LogP contribution in [0, 0.1) is 12.7 Å². The number of anilines is 1. The molecule has 0 unspecified atom stereocenters. The highest BCUT2D eigenvalue weighted by Crippen LogP contribution is 2.29. The van der Waals surface area contributed by atoms with Gasteiger partial charge < -0.3 is 9.47 Å². The summed E-state index contributed by atoms with van der Waals surface area (Å²) in [6, 6.07) is 2.03. The second kappa shape index (κ2) is 7.11. The Labute approximate surface area is 165 Å². The molecule has 0 aliphatic carbocycles. The van der Waals surface area contributed by atoms with E-state index < -0.39 is 0 Å². The van der Waals surface area contributed by atoms with E-state index in [2.05, 4.69) is 59.5 Å². The molecule has 7 heteroatoms. The summed E-state index contributed by atoms with van der Waals surface area (Å²) in [5, 5.41) is 0.454. The molecule has 6 nitrogen and oxygen atoms in total. The number of hydrogen-bond donors (Lipinski definition) is 0. The van der Waals surface area contributed by atoms with E-state index in [-0.39, 0.29) is 16.9 Å². The van der Waals surface area contributed by atoms with Gasteiger partial charge in [0.2, 0.25) is 0 Å². The van der Waals surface area contributed by atoms with Crippen LogP contribution in [0.2, 0.25) is 0 Å². The molecule has 0 bridgehead atoms. The van der Waals surface area contributed by atoms with Gasteiger partial charge in [-0.1, -0.05) is 0 Å². The Morgan fingerprint density at radius 3 is 2.50 bits per heavy atom. The molecule has 0 saturated carbocycles. The van der Waals surface area contributed by atoms with Crippen LogP contribution in [0.15, 0.2) is 24.8 Å². The van der Waals surface area contributed by atoms with Crippen molar-refractivity contribution >= 4 is 16.9 Å². The lowest BCUT2D eigenvalue weighted by molar-refractivity contribution is 0.333. The van der Waals surface area contributed by atoms with Gasteiger partial charge in [0.05, 0.1) is 5.39 Å². The van der Waals surface area contributed by atoms with Crippen molar-refractivity contribution in [2.45, 2.75) is 65.5 Å². The van der Waals surface area contributed by atoms with E-state index >= 15 is 0 Å². The van der Waals surface area contributed by atoms with Crippen LogP contribution in [-0.2, 0) is 12.0 Å². The quantitative estimate of drug-likeness (QED) is 0.657. The first-order valence-electron chi connectivity index (χ1n) is 9.54. The summed E-state index contributed by atoms with van der Waals surface area (Å²) in [5.74, 6) is 1.24. The van der Waals surface area contributed by atoms with Crippen molar-refractivity contribution in [1.29, 1.82) is 0 Å². The molecule has 3 aromatic rings. The molecular formula is C21H29FN6. The number of aromatic nitrogens is 5. The smallest absolute Gasteiger partial charge is 0.151 e. The fraction of sp³-hybridized carbons (Fsp3) is 0.524. The molecule has 0 saturated heterocycles. The maximum absolute atomic E-state index is 14.4. The zero-order valence-electron chi connectivity index (χ0n) is 17.8. The first-order valence-corrected chi connectivity index (χ1v) is 9.54. The van der Waals surface area contributed by atoms with E-state index in [1.165, 1.54) is 6.20 Å². The fourth-order valence-electron chi connectivity index (χ4n) is 3.12. The number of fused-ring (bicyclic) bond motifs is 1. The molecule has 0 N–H and O–H groups in total. The van der Waals surface area contributed by atoms with Gasteiger partial charge in [0.15, 0.2) is 5.82 Å². The Kier molecular flexibility index (Phi) is 5.12. The van der Waals surface area contributed by atoms with Crippen LogP contribution in [0.5, 0.6) is 0 Å². The molecule has 150 valence electrons. The van der Waals surface area contributed by atoms with E-state index in [1.54, 1.807) is 12.5 Å². The monoisotopic (exact) mass is 384 g/mol. The third kappa shape index (κ3) is 3.98. The Morgan fingerprint density at radius 2 is 1.82 bits per heavy atom. The van der Waals surface area contributed by atoms with Gasteiger partial charge in [-0.05, 0) is 54.4 Å². The normalized spacial score (nSPS) is 12.6. The SMILES string of the molecule is Cc1ncc2c(F)cn(C(C)(C)CCc3cc(N(C)C(C)(C)C)ncn3)c2n1. The molecule has 3 aromatic heterocycles. The van der Waals surface area contributed by atoms with Gasteiger partial charge in [0, 0.05) is 42.3 Å². The highest BCUT2D eigenvalue weighted by atomic mass is 19.1. The average Bonchev–Trinajstić information content (AvgIpc) is 2.96. The summed E-state index contributed by atoms with van der Waals surface area (Å²) in [6.07, 6.45) is 6.23. The minimum absolute atomic E-state index is 0.0238. The van der Waals surface area contributed by atoms with Crippen molar-refractivity contribution in [2.24, 2.45) is 0 Å². The maximum atomic E-state index is 14.4. The number of rotatable bonds is 5. The summed E-state index contributed by atoms with van der Waals surface area (Å²) in [7, 11) is 2.03. The van der Waals surface area contributed by atoms with Gasteiger partial charge in [-0.15, -0.1) is 0 Å². The second-order valence-corrected chi connectivity index (χ2v) is 8.91. The van der Waals surface area contributed by atoms with E-state index in [1.807, 2.05) is 24.6 Å². The van der Waals surface area contributed by atoms with Gasteiger partial charge in [0.1, 0.15) is 23.6 Å². The second-order valence-electron chi connectivity index (χ2n) is 8.91. The lowest BCUT2D eigenvalue weighted by atomic mass is 9.96. The Balaban J connectivity index is 1.84. The van der Waals surface area contributed by atoms with Crippen molar-refractivity contribution in [1.82, 2.24) is 24.5 Å². The van der Waals surface area contributed by atoms with Crippen LogP contribution >= 0.6 is 0 Å².